The molecule has 0 saturated carbocycles. The standard InChI is InChI=1S/C7H8.C4H3Cl2NS/c1-7-5-3-2-4-6-7;5-1-3-2-7-4(6)8-3/h2-6H,1H3;2H,1H2. The summed E-state index contributed by atoms with van der Waals surface area (Å²) >= 11 is 12.4. The summed E-state index contributed by atoms with van der Waals surface area (Å²) in [6.07, 6.45) is 1.68. The van der Waals surface area contributed by atoms with Crippen LogP contribution in [0.5, 0.6) is 0 Å². The quantitative estimate of drug-likeness (QED) is 0.686. The summed E-state index contributed by atoms with van der Waals surface area (Å²) < 4.78 is 0.556. The van der Waals surface area contributed by atoms with Crippen LogP contribution in [0.4, 0.5) is 0 Å². The first-order chi connectivity index (χ1) is 7.22. The third kappa shape index (κ3) is 5.17. The van der Waals surface area contributed by atoms with Gasteiger partial charge < -0.3 is 0 Å². The van der Waals surface area contributed by atoms with Gasteiger partial charge in [-0.25, -0.2) is 4.98 Å². The van der Waals surface area contributed by atoms with Crippen molar-refractivity contribution in [1.82, 2.24) is 4.98 Å². The van der Waals surface area contributed by atoms with E-state index in [4.69, 9.17) is 23.2 Å². The topological polar surface area (TPSA) is 12.9 Å². The van der Waals surface area contributed by atoms with E-state index in [9.17, 15) is 0 Å². The number of aromatic nitrogens is 1. The fraction of sp³-hybridized carbons (Fsp3) is 0.182. The first-order valence-corrected chi connectivity index (χ1v) is 6.13. The first-order valence-electron chi connectivity index (χ1n) is 4.40. The van der Waals surface area contributed by atoms with Gasteiger partial charge in [-0.2, -0.15) is 0 Å². The fourth-order valence-electron chi connectivity index (χ4n) is 0.880. The number of hydrogen-bond acceptors (Lipinski definition) is 2. The molecule has 0 unspecified atom stereocenters. The summed E-state index contributed by atoms with van der Waals surface area (Å²) in [5.41, 5.74) is 1.32. The SMILES string of the molecule is Cc1ccccc1.ClCc1cnc(Cl)s1. The highest BCUT2D eigenvalue weighted by Crippen LogP contribution is 2.18. The van der Waals surface area contributed by atoms with Crippen LogP contribution in [-0.4, -0.2) is 4.98 Å². The average molecular weight is 260 g/mol. The van der Waals surface area contributed by atoms with E-state index in [1.165, 1.54) is 16.9 Å². The molecule has 1 aromatic carbocycles. The Kier molecular flexibility index (Phi) is 5.69. The molecule has 0 amide bonds. The number of alkyl halides is 1. The molecule has 0 aliphatic heterocycles. The van der Waals surface area contributed by atoms with Crippen molar-refractivity contribution in [3.05, 3.63) is 51.4 Å². The maximum absolute atomic E-state index is 5.49. The molecule has 0 bridgehead atoms. The summed E-state index contributed by atoms with van der Waals surface area (Å²) in [5.74, 6) is 0.504. The van der Waals surface area contributed by atoms with Gasteiger partial charge in [0.25, 0.3) is 0 Å². The Bertz CT molecular complexity index is 386. The van der Waals surface area contributed by atoms with Crippen molar-refractivity contribution in [3.63, 3.8) is 0 Å². The van der Waals surface area contributed by atoms with Crippen LogP contribution in [0.25, 0.3) is 0 Å². The number of nitrogens with zero attached hydrogens (tertiary/aromatic N) is 1. The van der Waals surface area contributed by atoms with Gasteiger partial charge in [0.15, 0.2) is 4.47 Å². The summed E-state index contributed by atoms with van der Waals surface area (Å²) in [6, 6.07) is 10.3. The normalized spacial score (nSPS) is 9.27. The zero-order valence-corrected chi connectivity index (χ0v) is 10.6. The molecule has 0 aliphatic rings. The maximum Gasteiger partial charge on any atom is 0.183 e. The number of benzene rings is 1. The van der Waals surface area contributed by atoms with Crippen LogP contribution in [-0.2, 0) is 5.88 Å². The molecule has 0 saturated heterocycles. The second-order valence-electron chi connectivity index (χ2n) is 2.87. The Balaban J connectivity index is 0.000000151. The Morgan fingerprint density at radius 2 is 1.93 bits per heavy atom. The third-order valence-electron chi connectivity index (χ3n) is 1.60. The lowest BCUT2D eigenvalue weighted by molar-refractivity contribution is 1.37. The smallest absolute Gasteiger partial charge is 0.183 e. The van der Waals surface area contributed by atoms with Crippen LogP contribution in [0.2, 0.25) is 4.47 Å². The van der Waals surface area contributed by atoms with Crippen LogP contribution in [0.1, 0.15) is 10.4 Å². The summed E-state index contributed by atoms with van der Waals surface area (Å²) in [5, 5.41) is 0. The van der Waals surface area contributed by atoms with E-state index in [1.54, 1.807) is 6.20 Å². The monoisotopic (exact) mass is 259 g/mol. The van der Waals surface area contributed by atoms with Crippen molar-refractivity contribution < 1.29 is 0 Å². The largest absolute Gasteiger partial charge is 0.233 e. The van der Waals surface area contributed by atoms with Crippen molar-refractivity contribution in [3.8, 4) is 0 Å². The highest BCUT2D eigenvalue weighted by atomic mass is 35.5. The molecule has 1 nitrogen and oxygen atoms in total. The molecule has 0 radical (unpaired) electrons. The average Bonchev–Trinajstić information content (AvgIpc) is 2.66. The van der Waals surface area contributed by atoms with E-state index in [-0.39, 0.29) is 0 Å². The number of rotatable bonds is 1. The second kappa shape index (κ2) is 6.83. The van der Waals surface area contributed by atoms with Gasteiger partial charge in [0.1, 0.15) is 0 Å². The molecule has 0 fully saturated rings. The molecule has 4 heteroatoms. The minimum atomic E-state index is 0.504. The lowest BCUT2D eigenvalue weighted by Gasteiger charge is -1.82. The minimum absolute atomic E-state index is 0.504. The van der Waals surface area contributed by atoms with Crippen LogP contribution in [0.3, 0.4) is 0 Å². The lowest BCUT2D eigenvalue weighted by atomic mass is 10.2. The third-order valence-corrected chi connectivity index (χ3v) is 3.16. The van der Waals surface area contributed by atoms with E-state index >= 15 is 0 Å². The van der Waals surface area contributed by atoms with Gasteiger partial charge in [0.05, 0.1) is 5.88 Å². The Labute approximate surface area is 104 Å². The predicted octanol–water partition coefficient (Wildman–Crippen LogP) is 4.53. The number of hydrogen-bond donors (Lipinski definition) is 0. The Morgan fingerprint density at radius 3 is 2.20 bits per heavy atom. The zero-order chi connectivity index (χ0) is 11.1. The zero-order valence-electron chi connectivity index (χ0n) is 8.28. The van der Waals surface area contributed by atoms with Crippen LogP contribution in [0.15, 0.2) is 36.5 Å². The molecule has 2 rings (SSSR count). The molecule has 15 heavy (non-hydrogen) atoms. The van der Waals surface area contributed by atoms with E-state index < -0.39 is 0 Å². The summed E-state index contributed by atoms with van der Waals surface area (Å²) in [4.78, 5) is 4.80. The first kappa shape index (κ1) is 12.5. The van der Waals surface area contributed by atoms with E-state index in [1.807, 2.05) is 18.2 Å². The van der Waals surface area contributed by atoms with Crippen molar-refractivity contribution in [2.45, 2.75) is 12.8 Å². The molecular formula is C11H11Cl2NS. The number of aryl methyl sites for hydroxylation is 1. The second-order valence-corrected chi connectivity index (χ2v) is 4.83. The molecule has 1 aromatic heterocycles. The Hall–Kier alpha value is -0.570. The van der Waals surface area contributed by atoms with E-state index in [2.05, 4.69) is 24.0 Å². The molecule has 0 N–H and O–H groups in total. The van der Waals surface area contributed by atoms with Gasteiger partial charge in [-0.15, -0.1) is 22.9 Å². The van der Waals surface area contributed by atoms with Crippen molar-refractivity contribution in [2.24, 2.45) is 0 Å². The number of thiazole rings is 1. The molecule has 80 valence electrons. The van der Waals surface area contributed by atoms with Crippen molar-refractivity contribution >= 4 is 34.5 Å². The van der Waals surface area contributed by atoms with Gasteiger partial charge in [-0.1, -0.05) is 47.5 Å². The maximum atomic E-state index is 5.49. The number of halogens is 2. The summed E-state index contributed by atoms with van der Waals surface area (Å²) in [6.45, 7) is 2.08. The predicted molar refractivity (Wildman–Crippen MR) is 67.9 cm³/mol. The fourth-order valence-corrected chi connectivity index (χ4v) is 1.94. The van der Waals surface area contributed by atoms with E-state index in [0.29, 0.717) is 10.3 Å². The van der Waals surface area contributed by atoms with Gasteiger partial charge in [0.2, 0.25) is 0 Å². The molecule has 2 aromatic rings. The lowest BCUT2D eigenvalue weighted by Crippen LogP contribution is -1.62. The molecule has 0 atom stereocenters. The van der Waals surface area contributed by atoms with Crippen LogP contribution >= 0.6 is 34.5 Å². The van der Waals surface area contributed by atoms with Gasteiger partial charge >= 0.3 is 0 Å². The van der Waals surface area contributed by atoms with E-state index in [0.717, 1.165) is 4.88 Å². The van der Waals surface area contributed by atoms with Crippen molar-refractivity contribution in [1.29, 1.82) is 0 Å². The molecule has 0 aliphatic carbocycles. The van der Waals surface area contributed by atoms with Crippen LogP contribution in [0, 0.1) is 6.92 Å². The molecule has 1 heterocycles. The highest BCUT2D eigenvalue weighted by molar-refractivity contribution is 7.15. The van der Waals surface area contributed by atoms with Crippen molar-refractivity contribution in [2.75, 3.05) is 0 Å². The molecular weight excluding hydrogens is 249 g/mol. The Morgan fingerprint density at radius 1 is 1.27 bits per heavy atom. The summed E-state index contributed by atoms with van der Waals surface area (Å²) in [7, 11) is 0. The minimum Gasteiger partial charge on any atom is -0.233 e. The van der Waals surface area contributed by atoms with Gasteiger partial charge in [-0.05, 0) is 6.92 Å². The highest BCUT2D eigenvalue weighted by Gasteiger charge is 1.94. The van der Waals surface area contributed by atoms with Crippen LogP contribution < -0.4 is 0 Å². The molecule has 0 spiro atoms. The van der Waals surface area contributed by atoms with Gasteiger partial charge in [-0.3, -0.25) is 0 Å². The van der Waals surface area contributed by atoms with Gasteiger partial charge in [0, 0.05) is 11.1 Å².